The minimum atomic E-state index is -0.381. The molecule has 0 aliphatic carbocycles. The molecule has 2 aliphatic rings. The SMILES string of the molecule is COc1ccc(CCNC(=O)CN2N=CN3NC(c4ccc(C)cc4)CC3C2=O)cc1OC. The highest BCUT2D eigenvalue weighted by Gasteiger charge is 2.41. The van der Waals surface area contributed by atoms with Crippen molar-refractivity contribution in [1.29, 1.82) is 0 Å². The van der Waals surface area contributed by atoms with Gasteiger partial charge in [0.15, 0.2) is 11.5 Å². The number of ether oxygens (including phenoxy) is 2. The van der Waals surface area contributed by atoms with Gasteiger partial charge in [0.25, 0.3) is 5.91 Å². The third-order valence-corrected chi connectivity index (χ3v) is 5.91. The van der Waals surface area contributed by atoms with Crippen molar-refractivity contribution >= 4 is 18.2 Å². The van der Waals surface area contributed by atoms with E-state index in [-0.39, 0.29) is 30.4 Å². The number of hydrogen-bond donors (Lipinski definition) is 2. The van der Waals surface area contributed by atoms with Gasteiger partial charge in [0.1, 0.15) is 18.9 Å². The number of amides is 2. The van der Waals surface area contributed by atoms with E-state index in [9.17, 15) is 9.59 Å². The molecule has 0 radical (unpaired) electrons. The topological polar surface area (TPSA) is 95.5 Å². The molecule has 9 nitrogen and oxygen atoms in total. The van der Waals surface area contributed by atoms with Crippen LogP contribution in [-0.2, 0) is 16.0 Å². The number of nitrogens with one attached hydrogen (secondary N) is 2. The molecule has 174 valence electrons. The van der Waals surface area contributed by atoms with Crippen LogP contribution < -0.4 is 20.2 Å². The molecule has 2 atom stereocenters. The highest BCUT2D eigenvalue weighted by Crippen LogP contribution is 2.30. The van der Waals surface area contributed by atoms with Gasteiger partial charge in [-0.1, -0.05) is 35.9 Å². The van der Waals surface area contributed by atoms with E-state index >= 15 is 0 Å². The molecular formula is C24H29N5O4. The van der Waals surface area contributed by atoms with Gasteiger partial charge in [-0.2, -0.15) is 5.10 Å². The van der Waals surface area contributed by atoms with Crippen molar-refractivity contribution in [3.63, 3.8) is 0 Å². The maximum atomic E-state index is 12.9. The van der Waals surface area contributed by atoms with Crippen LogP contribution in [0.5, 0.6) is 11.5 Å². The van der Waals surface area contributed by atoms with Gasteiger partial charge in [0, 0.05) is 6.54 Å². The molecule has 0 spiro atoms. The third kappa shape index (κ3) is 5.09. The first kappa shape index (κ1) is 22.6. The van der Waals surface area contributed by atoms with Gasteiger partial charge in [-0.15, -0.1) is 0 Å². The number of nitrogens with zero attached hydrogens (tertiary/aromatic N) is 3. The van der Waals surface area contributed by atoms with Crippen molar-refractivity contribution in [2.24, 2.45) is 5.10 Å². The maximum absolute atomic E-state index is 12.9. The molecule has 0 aromatic heterocycles. The molecule has 0 saturated carbocycles. The second-order valence-corrected chi connectivity index (χ2v) is 8.17. The van der Waals surface area contributed by atoms with E-state index in [0.717, 1.165) is 11.1 Å². The van der Waals surface area contributed by atoms with Crippen LogP contribution >= 0.6 is 0 Å². The van der Waals surface area contributed by atoms with Crippen molar-refractivity contribution in [3.8, 4) is 11.5 Å². The number of carbonyl (C=O) groups is 2. The summed E-state index contributed by atoms with van der Waals surface area (Å²) in [5, 5.41) is 10.0. The van der Waals surface area contributed by atoms with Gasteiger partial charge < -0.3 is 14.8 Å². The molecule has 2 heterocycles. The Morgan fingerprint density at radius 2 is 1.91 bits per heavy atom. The summed E-state index contributed by atoms with van der Waals surface area (Å²) < 4.78 is 10.6. The zero-order valence-corrected chi connectivity index (χ0v) is 19.1. The molecule has 2 unspecified atom stereocenters. The fraction of sp³-hybridized carbons (Fsp3) is 0.375. The van der Waals surface area contributed by atoms with Gasteiger partial charge in [0.2, 0.25) is 5.91 Å². The van der Waals surface area contributed by atoms with Crippen molar-refractivity contribution in [1.82, 2.24) is 20.8 Å². The number of hydrogen-bond acceptors (Lipinski definition) is 7. The number of methoxy groups -OCH3 is 2. The highest BCUT2D eigenvalue weighted by molar-refractivity contribution is 5.91. The lowest BCUT2D eigenvalue weighted by Gasteiger charge is -2.29. The number of aryl methyl sites for hydroxylation is 1. The van der Waals surface area contributed by atoms with Crippen LogP contribution in [0.1, 0.15) is 29.2 Å². The largest absolute Gasteiger partial charge is 0.493 e. The second-order valence-electron chi connectivity index (χ2n) is 8.17. The van der Waals surface area contributed by atoms with E-state index in [1.807, 2.05) is 25.1 Å². The molecule has 2 aliphatic heterocycles. The molecule has 2 N–H and O–H groups in total. The molecule has 2 aromatic carbocycles. The zero-order valence-electron chi connectivity index (χ0n) is 19.1. The predicted molar refractivity (Wildman–Crippen MR) is 124 cm³/mol. The molecule has 4 rings (SSSR count). The first-order chi connectivity index (χ1) is 16.0. The van der Waals surface area contributed by atoms with Gasteiger partial charge in [-0.3, -0.25) is 14.6 Å². The number of rotatable bonds is 8. The lowest BCUT2D eigenvalue weighted by Crippen LogP contribution is -2.52. The summed E-state index contributed by atoms with van der Waals surface area (Å²) in [6, 6.07) is 13.5. The fourth-order valence-corrected chi connectivity index (χ4v) is 4.04. The Bertz CT molecular complexity index is 1040. The smallest absolute Gasteiger partial charge is 0.267 e. The Labute approximate surface area is 193 Å². The van der Waals surface area contributed by atoms with E-state index in [0.29, 0.717) is 30.9 Å². The van der Waals surface area contributed by atoms with Crippen LogP contribution in [0.15, 0.2) is 47.6 Å². The van der Waals surface area contributed by atoms with Crippen LogP contribution in [0.25, 0.3) is 0 Å². The summed E-state index contributed by atoms with van der Waals surface area (Å²) in [5.74, 6) is 0.866. The van der Waals surface area contributed by atoms with Crippen LogP contribution in [-0.4, -0.2) is 61.5 Å². The Hall–Kier alpha value is -3.59. The van der Waals surface area contributed by atoms with E-state index in [1.165, 1.54) is 10.6 Å². The molecule has 2 amide bonds. The Morgan fingerprint density at radius 1 is 1.15 bits per heavy atom. The molecule has 9 heteroatoms. The number of carbonyl (C=O) groups excluding carboxylic acids is 2. The van der Waals surface area contributed by atoms with E-state index < -0.39 is 0 Å². The highest BCUT2D eigenvalue weighted by atomic mass is 16.5. The van der Waals surface area contributed by atoms with Crippen molar-refractivity contribution in [3.05, 3.63) is 59.2 Å². The Kier molecular flexibility index (Phi) is 6.79. The fourth-order valence-electron chi connectivity index (χ4n) is 4.04. The Morgan fingerprint density at radius 3 is 2.64 bits per heavy atom. The quantitative estimate of drug-likeness (QED) is 0.635. The second kappa shape index (κ2) is 9.91. The summed E-state index contributed by atoms with van der Waals surface area (Å²) in [6.45, 7) is 2.37. The number of fused-ring (bicyclic) bond motifs is 1. The summed E-state index contributed by atoms with van der Waals surface area (Å²) in [4.78, 5) is 25.4. The zero-order chi connectivity index (χ0) is 23.4. The summed E-state index contributed by atoms with van der Waals surface area (Å²) in [6.07, 6.45) is 2.82. The van der Waals surface area contributed by atoms with Crippen molar-refractivity contribution in [2.75, 3.05) is 27.3 Å². The summed E-state index contributed by atoms with van der Waals surface area (Å²) in [7, 11) is 3.18. The first-order valence-electron chi connectivity index (χ1n) is 10.9. The minimum absolute atomic E-state index is 0.0289. The third-order valence-electron chi connectivity index (χ3n) is 5.91. The molecule has 0 bridgehead atoms. The number of hydrazine groups is 1. The molecular weight excluding hydrogens is 422 g/mol. The molecule has 1 saturated heterocycles. The molecule has 33 heavy (non-hydrogen) atoms. The van der Waals surface area contributed by atoms with Crippen LogP contribution in [0.2, 0.25) is 0 Å². The first-order valence-corrected chi connectivity index (χ1v) is 10.9. The normalized spacial score (nSPS) is 19.4. The van der Waals surface area contributed by atoms with E-state index in [4.69, 9.17) is 9.47 Å². The lowest BCUT2D eigenvalue weighted by atomic mass is 10.0. The van der Waals surface area contributed by atoms with Gasteiger partial charge >= 0.3 is 0 Å². The van der Waals surface area contributed by atoms with Gasteiger partial charge in [0.05, 0.1) is 20.3 Å². The monoisotopic (exact) mass is 451 g/mol. The summed E-state index contributed by atoms with van der Waals surface area (Å²) in [5.41, 5.74) is 6.64. The van der Waals surface area contributed by atoms with Crippen LogP contribution in [0.4, 0.5) is 0 Å². The lowest BCUT2D eigenvalue weighted by molar-refractivity contribution is -0.140. The minimum Gasteiger partial charge on any atom is -0.493 e. The van der Waals surface area contributed by atoms with Crippen molar-refractivity contribution in [2.45, 2.75) is 31.8 Å². The summed E-state index contributed by atoms with van der Waals surface area (Å²) >= 11 is 0. The molecule has 1 fully saturated rings. The predicted octanol–water partition coefficient (Wildman–Crippen LogP) is 1.78. The Balaban J connectivity index is 1.28. The number of hydrazone groups is 1. The van der Waals surface area contributed by atoms with Crippen LogP contribution in [0.3, 0.4) is 0 Å². The average Bonchev–Trinajstić information content (AvgIpc) is 3.26. The number of benzene rings is 2. The molecule has 2 aromatic rings. The maximum Gasteiger partial charge on any atom is 0.267 e. The van der Waals surface area contributed by atoms with Crippen LogP contribution in [0, 0.1) is 6.92 Å². The van der Waals surface area contributed by atoms with Gasteiger partial charge in [-0.05, 0) is 43.0 Å². The van der Waals surface area contributed by atoms with E-state index in [2.05, 4.69) is 40.1 Å². The standard InChI is InChI=1S/C24H29N5O4/c1-16-4-7-18(8-5-16)19-13-20-24(31)28(26-15-29(20)27-19)14-23(30)25-11-10-17-6-9-21(32-2)22(12-17)33-3/h4-9,12,15,19-20,27H,10-11,13-14H2,1-3H3,(H,25,30). The van der Waals surface area contributed by atoms with Crippen molar-refractivity contribution < 1.29 is 19.1 Å². The van der Waals surface area contributed by atoms with E-state index in [1.54, 1.807) is 25.6 Å². The van der Waals surface area contributed by atoms with Gasteiger partial charge in [-0.25, -0.2) is 10.4 Å². The average molecular weight is 452 g/mol.